The van der Waals surface area contributed by atoms with E-state index in [2.05, 4.69) is 20.6 Å². The Kier molecular flexibility index (Phi) is 7.92. The summed E-state index contributed by atoms with van der Waals surface area (Å²) in [6.07, 6.45) is -2.92. The van der Waals surface area contributed by atoms with E-state index in [1.54, 1.807) is 48.7 Å². The van der Waals surface area contributed by atoms with Crippen molar-refractivity contribution in [3.05, 3.63) is 90.1 Å². The lowest BCUT2D eigenvalue weighted by Gasteiger charge is -2.16. The first kappa shape index (κ1) is 26.0. The van der Waals surface area contributed by atoms with Gasteiger partial charge in [-0.15, -0.1) is 0 Å². The van der Waals surface area contributed by atoms with Gasteiger partial charge in [-0.05, 0) is 42.3 Å². The van der Waals surface area contributed by atoms with E-state index in [-0.39, 0.29) is 18.1 Å². The summed E-state index contributed by atoms with van der Waals surface area (Å²) < 4.78 is 64.9. The molecule has 0 spiro atoms. The summed E-state index contributed by atoms with van der Waals surface area (Å²) in [6.45, 7) is 2.28. The van der Waals surface area contributed by atoms with Gasteiger partial charge in [0.2, 0.25) is 5.95 Å². The fourth-order valence-electron chi connectivity index (χ4n) is 3.63. The Morgan fingerprint density at radius 2 is 1.78 bits per heavy atom. The number of hydrogen-bond donors (Lipinski definition) is 3. The maximum atomic E-state index is 13.5. The van der Waals surface area contributed by atoms with Crippen LogP contribution in [0.5, 0.6) is 5.75 Å². The molecule has 0 radical (unpaired) electrons. The molecule has 0 aliphatic heterocycles. The van der Waals surface area contributed by atoms with Crippen LogP contribution in [0.15, 0.2) is 83.9 Å². The van der Waals surface area contributed by atoms with Crippen molar-refractivity contribution >= 4 is 28.0 Å². The first-order chi connectivity index (χ1) is 17.7. The highest BCUT2D eigenvalue weighted by Gasteiger charge is 2.32. The molecule has 1 heterocycles. The topological polar surface area (TPSA) is 100.0 Å². The molecule has 3 N–H and O–H groups in total. The molecule has 0 atom stereocenters. The van der Waals surface area contributed by atoms with Crippen molar-refractivity contribution in [1.82, 2.24) is 9.97 Å². The Morgan fingerprint density at radius 1 is 1.03 bits per heavy atom. The van der Waals surface area contributed by atoms with Gasteiger partial charge in [0.1, 0.15) is 11.6 Å². The number of alkyl halides is 3. The zero-order valence-corrected chi connectivity index (χ0v) is 20.5. The van der Waals surface area contributed by atoms with Gasteiger partial charge in [0.05, 0.1) is 12.2 Å². The number of hydrogen-bond acceptors (Lipinski definition) is 8. The zero-order valence-electron chi connectivity index (χ0n) is 19.7. The van der Waals surface area contributed by atoms with Gasteiger partial charge >= 0.3 is 6.18 Å². The lowest BCUT2D eigenvalue weighted by Crippen LogP contribution is -2.13. The summed E-state index contributed by atoms with van der Waals surface area (Å²) >= 11 is 0. The normalized spacial score (nSPS) is 11.4. The number of nitrogens with one attached hydrogen (secondary N) is 3. The molecule has 37 heavy (non-hydrogen) atoms. The summed E-state index contributed by atoms with van der Waals surface area (Å²) in [5.74, 6) is 1.18. The van der Waals surface area contributed by atoms with Crippen LogP contribution < -0.4 is 15.4 Å². The minimum atomic E-state index is -4.49. The molecule has 0 saturated heterocycles. The van der Waals surface area contributed by atoms with Gasteiger partial charge in [0.25, 0.3) is 0 Å². The molecule has 1 aromatic heterocycles. The Bertz CT molecular complexity index is 1450. The van der Waals surface area contributed by atoms with E-state index in [1.165, 1.54) is 12.1 Å². The molecule has 11 heteroatoms. The number of anilines is 3. The molecule has 7 nitrogen and oxygen atoms in total. The van der Waals surface area contributed by atoms with Crippen molar-refractivity contribution < 1.29 is 22.1 Å². The van der Waals surface area contributed by atoms with E-state index in [4.69, 9.17) is 9.52 Å². The lowest BCUT2D eigenvalue weighted by atomic mass is 10.1. The number of nitrogens with zero attached hydrogens (tertiary/aromatic N) is 2. The SMILES string of the molecule is CCOc1ccc(-c2cnc(Nc3cccc([S-](=N)=O)c3)nc2NCc2ccccc2C(F)(F)F)cc1. The molecule has 0 unspecified atom stereocenters. The van der Waals surface area contributed by atoms with E-state index < -0.39 is 22.3 Å². The number of rotatable bonds is 9. The van der Waals surface area contributed by atoms with Gasteiger partial charge in [0.15, 0.2) is 0 Å². The van der Waals surface area contributed by atoms with E-state index in [9.17, 15) is 17.4 Å². The van der Waals surface area contributed by atoms with Crippen molar-refractivity contribution in [2.45, 2.75) is 24.5 Å². The fourth-order valence-corrected chi connectivity index (χ4v) is 4.07. The van der Waals surface area contributed by atoms with Crippen LogP contribution in [0.4, 0.5) is 30.6 Å². The van der Waals surface area contributed by atoms with Crippen LogP contribution in [0.2, 0.25) is 0 Å². The molecule has 0 amide bonds. The van der Waals surface area contributed by atoms with Crippen LogP contribution in [0.25, 0.3) is 11.1 Å². The maximum absolute atomic E-state index is 13.5. The van der Waals surface area contributed by atoms with Crippen LogP contribution in [0.3, 0.4) is 0 Å². The number of aromatic nitrogens is 2. The van der Waals surface area contributed by atoms with Gasteiger partial charge < -0.3 is 24.4 Å². The average Bonchev–Trinajstić information content (AvgIpc) is 2.88. The van der Waals surface area contributed by atoms with Crippen molar-refractivity contribution in [1.29, 1.82) is 4.78 Å². The summed E-state index contributed by atoms with van der Waals surface area (Å²) in [4.78, 5) is 9.18. The largest absolute Gasteiger partial charge is 0.494 e. The van der Waals surface area contributed by atoms with Crippen LogP contribution in [0.1, 0.15) is 18.1 Å². The molecular weight excluding hydrogens is 503 g/mol. The highest BCUT2D eigenvalue weighted by molar-refractivity contribution is 7.73. The smallest absolute Gasteiger partial charge is 0.416 e. The average molecular weight is 527 g/mol. The van der Waals surface area contributed by atoms with Crippen molar-refractivity contribution in [3.8, 4) is 16.9 Å². The Morgan fingerprint density at radius 3 is 2.49 bits per heavy atom. The number of benzene rings is 3. The summed E-state index contributed by atoms with van der Waals surface area (Å²) in [6, 6.07) is 19.0. The molecule has 4 aromatic rings. The molecule has 0 saturated carbocycles. The van der Waals surface area contributed by atoms with E-state index in [0.717, 1.165) is 11.6 Å². The van der Waals surface area contributed by atoms with Crippen LogP contribution in [-0.4, -0.2) is 16.6 Å². The quantitative estimate of drug-likeness (QED) is 0.203. The second-order valence-corrected chi connectivity index (χ2v) is 8.85. The molecule has 0 fully saturated rings. The molecule has 4 rings (SSSR count). The lowest BCUT2D eigenvalue weighted by molar-refractivity contribution is -0.138. The first-order valence-corrected chi connectivity index (χ1v) is 12.4. The third-order valence-electron chi connectivity index (χ3n) is 5.34. The van der Waals surface area contributed by atoms with Crippen molar-refractivity contribution in [3.63, 3.8) is 0 Å². The van der Waals surface area contributed by atoms with Gasteiger partial charge in [-0.3, -0.25) is 0 Å². The molecule has 192 valence electrons. The van der Waals surface area contributed by atoms with E-state index in [1.807, 2.05) is 19.1 Å². The van der Waals surface area contributed by atoms with Gasteiger partial charge in [0, 0.05) is 24.0 Å². The summed E-state index contributed by atoms with van der Waals surface area (Å²) in [5.41, 5.74) is 1.19. The second kappa shape index (κ2) is 11.3. The van der Waals surface area contributed by atoms with E-state index >= 15 is 0 Å². The maximum Gasteiger partial charge on any atom is 0.416 e. The predicted octanol–water partition coefficient (Wildman–Crippen LogP) is 7.00. The van der Waals surface area contributed by atoms with Crippen LogP contribution in [-0.2, 0) is 27.5 Å². The van der Waals surface area contributed by atoms with Gasteiger partial charge in [-0.2, -0.15) is 28.8 Å². The molecular formula is C26H23F3N5O2S-. The molecule has 0 aliphatic carbocycles. The van der Waals surface area contributed by atoms with Gasteiger partial charge in [-0.25, -0.2) is 4.98 Å². The highest BCUT2D eigenvalue weighted by atomic mass is 32.2. The summed E-state index contributed by atoms with van der Waals surface area (Å²) in [5, 5.41) is 6.03. The minimum Gasteiger partial charge on any atom is -0.494 e. The second-order valence-electron chi connectivity index (χ2n) is 7.84. The number of ether oxygens (including phenoxy) is 1. The van der Waals surface area contributed by atoms with Crippen molar-refractivity contribution in [2.75, 3.05) is 17.2 Å². The van der Waals surface area contributed by atoms with Crippen molar-refractivity contribution in [2.24, 2.45) is 0 Å². The molecule has 0 aliphatic rings. The third kappa shape index (κ3) is 6.56. The monoisotopic (exact) mass is 526 g/mol. The summed E-state index contributed by atoms with van der Waals surface area (Å²) in [7, 11) is -1.91. The van der Waals surface area contributed by atoms with Crippen LogP contribution >= 0.6 is 0 Å². The Labute approximate surface area is 213 Å². The fraction of sp³-hybridized carbons (Fsp3) is 0.154. The predicted molar refractivity (Wildman–Crippen MR) is 136 cm³/mol. The Balaban J connectivity index is 1.68. The first-order valence-electron chi connectivity index (χ1n) is 11.2. The standard InChI is InChI=1S/C26H23F3N5O2S/c1-2-36-20-12-10-17(11-13-20)22-16-32-25(33-19-7-5-8-21(14-19)37(30)35)34-24(22)31-15-18-6-3-4-9-23(18)26(27,28)29/h3-14,16,30H,2,15H2,1H3,(H2,31,32,33,34)/q-1. The minimum absolute atomic E-state index is 0.0754. The van der Waals surface area contributed by atoms with Crippen LogP contribution in [0, 0.1) is 4.78 Å². The van der Waals surface area contributed by atoms with E-state index in [0.29, 0.717) is 34.3 Å². The highest BCUT2D eigenvalue weighted by Crippen LogP contribution is 2.33. The molecule has 3 aromatic carbocycles. The zero-order chi connectivity index (χ0) is 26.4. The third-order valence-corrected chi connectivity index (χ3v) is 6.02. The van der Waals surface area contributed by atoms with Gasteiger partial charge in [-0.1, -0.05) is 53.4 Å². The molecule has 0 bridgehead atoms. The Hall–Kier alpha value is -4.12. The number of halogens is 3.